The number of carbonyl (C=O) groups excluding carboxylic acids is 1. The van der Waals surface area contributed by atoms with Crippen molar-refractivity contribution in [2.45, 2.75) is 6.04 Å². The van der Waals surface area contributed by atoms with Gasteiger partial charge in [0, 0.05) is 4.47 Å². The Morgan fingerprint density at radius 1 is 1.42 bits per heavy atom. The lowest BCUT2D eigenvalue weighted by Crippen LogP contribution is -2.11. The molecule has 0 aliphatic rings. The number of halogens is 2. The molecule has 2 rings (SSSR count). The van der Waals surface area contributed by atoms with Crippen LogP contribution in [-0.4, -0.2) is 13.1 Å². The van der Waals surface area contributed by atoms with E-state index >= 15 is 0 Å². The summed E-state index contributed by atoms with van der Waals surface area (Å²) in [6.45, 7) is 0. The van der Waals surface area contributed by atoms with Crippen LogP contribution in [0.25, 0.3) is 0 Å². The number of carbonyl (C=O) groups is 1. The van der Waals surface area contributed by atoms with Crippen molar-refractivity contribution in [3.05, 3.63) is 56.9 Å². The molecule has 4 nitrogen and oxygen atoms in total. The average molecular weight is 345 g/mol. The molecular weight excluding hydrogens is 334 g/mol. The largest absolute Gasteiger partial charge is 0.463 e. The third-order valence-corrected chi connectivity index (χ3v) is 3.86. The molecule has 2 aromatic rings. The quantitative estimate of drug-likeness (QED) is 0.865. The second-order valence-corrected chi connectivity index (χ2v) is 5.11. The Morgan fingerprint density at radius 3 is 2.79 bits per heavy atom. The van der Waals surface area contributed by atoms with Crippen molar-refractivity contribution in [1.29, 1.82) is 0 Å². The molecule has 0 amide bonds. The molecule has 6 heteroatoms. The maximum atomic E-state index is 11.3. The van der Waals surface area contributed by atoms with Gasteiger partial charge in [0.15, 0.2) is 0 Å². The third kappa shape index (κ3) is 3.00. The molecule has 0 spiro atoms. The van der Waals surface area contributed by atoms with Crippen LogP contribution < -0.4 is 5.73 Å². The number of rotatable bonds is 3. The van der Waals surface area contributed by atoms with E-state index in [2.05, 4.69) is 20.7 Å². The molecule has 100 valence electrons. The fraction of sp³-hybridized carbons (Fsp3) is 0.154. The first kappa shape index (κ1) is 14.1. The van der Waals surface area contributed by atoms with Gasteiger partial charge in [-0.25, -0.2) is 4.79 Å². The summed E-state index contributed by atoms with van der Waals surface area (Å²) in [4.78, 5) is 11.3. The standard InChI is InChI=1S/C13H11BrClNO3/c1-18-13(17)11-5-4-10(19-11)12(16)7-2-3-8(14)9(15)6-7/h2-6,12H,16H2,1H3. The SMILES string of the molecule is COC(=O)c1ccc(C(N)c2ccc(Br)c(Cl)c2)o1. The molecular formula is C13H11BrClNO3. The van der Waals surface area contributed by atoms with E-state index in [1.54, 1.807) is 12.1 Å². The summed E-state index contributed by atoms with van der Waals surface area (Å²) in [6.07, 6.45) is 0. The normalized spacial score (nSPS) is 12.2. The van der Waals surface area contributed by atoms with Gasteiger partial charge in [0.25, 0.3) is 0 Å². The molecule has 0 aliphatic heterocycles. The summed E-state index contributed by atoms with van der Waals surface area (Å²) in [5.74, 6) is 0.0576. The van der Waals surface area contributed by atoms with Gasteiger partial charge in [0.1, 0.15) is 5.76 Å². The lowest BCUT2D eigenvalue weighted by Gasteiger charge is -2.10. The number of ether oxygens (including phenoxy) is 1. The molecule has 0 bridgehead atoms. The Labute approximate surface area is 123 Å². The van der Waals surface area contributed by atoms with Gasteiger partial charge in [-0.05, 0) is 45.8 Å². The Kier molecular flexibility index (Phi) is 4.29. The summed E-state index contributed by atoms with van der Waals surface area (Å²) in [5.41, 5.74) is 6.86. The maximum Gasteiger partial charge on any atom is 0.373 e. The molecule has 0 aliphatic carbocycles. The van der Waals surface area contributed by atoms with Crippen LogP contribution in [0.5, 0.6) is 0 Å². The average Bonchev–Trinajstić information content (AvgIpc) is 2.89. The highest BCUT2D eigenvalue weighted by molar-refractivity contribution is 9.10. The second-order valence-electron chi connectivity index (χ2n) is 3.84. The van der Waals surface area contributed by atoms with Crippen molar-refractivity contribution < 1.29 is 13.9 Å². The number of hydrogen-bond acceptors (Lipinski definition) is 4. The van der Waals surface area contributed by atoms with Crippen molar-refractivity contribution >= 4 is 33.5 Å². The fourth-order valence-corrected chi connectivity index (χ4v) is 2.04. The molecule has 0 fully saturated rings. The number of methoxy groups -OCH3 is 1. The van der Waals surface area contributed by atoms with E-state index in [9.17, 15) is 4.79 Å². The molecule has 1 heterocycles. The maximum absolute atomic E-state index is 11.3. The van der Waals surface area contributed by atoms with Gasteiger partial charge < -0.3 is 14.9 Å². The van der Waals surface area contributed by atoms with Gasteiger partial charge in [-0.1, -0.05) is 17.7 Å². The van der Waals surface area contributed by atoms with Crippen LogP contribution in [0.1, 0.15) is 27.9 Å². The minimum Gasteiger partial charge on any atom is -0.463 e. The molecule has 0 saturated heterocycles. The van der Waals surface area contributed by atoms with Gasteiger partial charge >= 0.3 is 5.97 Å². The summed E-state index contributed by atoms with van der Waals surface area (Å²) in [5, 5.41) is 0.563. The number of furan rings is 1. The van der Waals surface area contributed by atoms with E-state index in [0.717, 1.165) is 10.0 Å². The van der Waals surface area contributed by atoms with Crippen LogP contribution in [0, 0.1) is 0 Å². The number of hydrogen-bond donors (Lipinski definition) is 1. The first-order valence-corrected chi connectivity index (χ1v) is 6.58. The predicted molar refractivity (Wildman–Crippen MR) is 75.2 cm³/mol. The number of esters is 1. The van der Waals surface area contributed by atoms with Crippen molar-refractivity contribution in [2.24, 2.45) is 5.73 Å². The number of benzene rings is 1. The zero-order valence-corrected chi connectivity index (χ0v) is 12.4. The Balaban J connectivity index is 2.28. The smallest absolute Gasteiger partial charge is 0.373 e. The van der Waals surface area contributed by atoms with Gasteiger partial charge in [0.05, 0.1) is 18.2 Å². The lowest BCUT2D eigenvalue weighted by molar-refractivity contribution is 0.0562. The molecule has 1 aromatic carbocycles. The van der Waals surface area contributed by atoms with Gasteiger partial charge in [-0.2, -0.15) is 0 Å². The van der Waals surface area contributed by atoms with Crippen LogP contribution in [0.3, 0.4) is 0 Å². The minimum atomic E-state index is -0.535. The van der Waals surface area contributed by atoms with Crippen molar-refractivity contribution in [2.75, 3.05) is 7.11 Å². The monoisotopic (exact) mass is 343 g/mol. The van der Waals surface area contributed by atoms with Crippen LogP contribution >= 0.6 is 27.5 Å². The first-order valence-electron chi connectivity index (χ1n) is 5.41. The van der Waals surface area contributed by atoms with E-state index in [1.165, 1.54) is 13.2 Å². The molecule has 0 radical (unpaired) electrons. The van der Waals surface area contributed by atoms with E-state index in [1.807, 2.05) is 12.1 Å². The fourth-order valence-electron chi connectivity index (χ4n) is 1.60. The Bertz CT molecular complexity index is 612. The highest BCUT2D eigenvalue weighted by Crippen LogP contribution is 2.28. The van der Waals surface area contributed by atoms with Crippen LogP contribution in [0.2, 0.25) is 5.02 Å². The molecule has 2 N–H and O–H groups in total. The Hall–Kier alpha value is -1.30. The molecule has 0 saturated carbocycles. The molecule has 1 aromatic heterocycles. The van der Waals surface area contributed by atoms with Crippen LogP contribution in [0.15, 0.2) is 39.2 Å². The van der Waals surface area contributed by atoms with Crippen molar-refractivity contribution in [3.63, 3.8) is 0 Å². The number of nitrogens with two attached hydrogens (primary N) is 1. The third-order valence-electron chi connectivity index (χ3n) is 2.62. The zero-order chi connectivity index (χ0) is 14.0. The minimum absolute atomic E-state index is 0.121. The van der Waals surface area contributed by atoms with Gasteiger partial charge in [-0.3, -0.25) is 0 Å². The van der Waals surface area contributed by atoms with Crippen molar-refractivity contribution in [1.82, 2.24) is 0 Å². The van der Waals surface area contributed by atoms with Gasteiger partial charge in [0.2, 0.25) is 5.76 Å². The van der Waals surface area contributed by atoms with Gasteiger partial charge in [-0.15, -0.1) is 0 Å². The lowest BCUT2D eigenvalue weighted by atomic mass is 10.1. The van der Waals surface area contributed by atoms with E-state index in [0.29, 0.717) is 10.8 Å². The highest BCUT2D eigenvalue weighted by atomic mass is 79.9. The molecule has 19 heavy (non-hydrogen) atoms. The van der Waals surface area contributed by atoms with Crippen LogP contribution in [-0.2, 0) is 4.74 Å². The molecule has 1 atom stereocenters. The summed E-state index contributed by atoms with van der Waals surface area (Å²) in [7, 11) is 1.29. The van der Waals surface area contributed by atoms with Crippen molar-refractivity contribution in [3.8, 4) is 0 Å². The predicted octanol–water partition coefficient (Wildman–Crippen LogP) is 3.53. The second kappa shape index (κ2) is 5.77. The summed E-state index contributed by atoms with van der Waals surface area (Å²) in [6, 6.07) is 8.07. The van der Waals surface area contributed by atoms with E-state index < -0.39 is 12.0 Å². The van der Waals surface area contributed by atoms with Crippen LogP contribution in [0.4, 0.5) is 0 Å². The topological polar surface area (TPSA) is 65.5 Å². The first-order chi connectivity index (χ1) is 9.02. The molecule has 1 unspecified atom stereocenters. The highest BCUT2D eigenvalue weighted by Gasteiger charge is 2.17. The zero-order valence-electron chi connectivity index (χ0n) is 10.0. The summed E-state index contributed by atoms with van der Waals surface area (Å²) < 4.78 is 10.7. The summed E-state index contributed by atoms with van der Waals surface area (Å²) >= 11 is 9.33. The van der Waals surface area contributed by atoms with E-state index in [-0.39, 0.29) is 5.76 Å². The van der Waals surface area contributed by atoms with E-state index in [4.69, 9.17) is 21.8 Å². The Morgan fingerprint density at radius 2 is 2.16 bits per heavy atom.